The van der Waals surface area contributed by atoms with Crippen LogP contribution in [0.4, 0.5) is 0 Å². The van der Waals surface area contributed by atoms with Gasteiger partial charge in [-0.3, -0.25) is 4.98 Å². The van der Waals surface area contributed by atoms with Crippen LogP contribution >= 0.6 is 0 Å². The third kappa shape index (κ3) is 2.75. The molecule has 0 fully saturated rings. The molecule has 0 spiro atoms. The fourth-order valence-corrected chi connectivity index (χ4v) is 1.68. The van der Waals surface area contributed by atoms with Gasteiger partial charge in [-0.05, 0) is 30.7 Å². The first-order chi connectivity index (χ1) is 8.68. The number of carboxylic acids is 1. The molecule has 5 nitrogen and oxygen atoms in total. The average Bonchev–Trinajstić information content (AvgIpc) is 2.85. The fraction of sp³-hybridized carbons (Fsp3) is 0.231. The topological polar surface area (TPSA) is 75.4 Å². The lowest BCUT2D eigenvalue weighted by Crippen LogP contribution is -2.19. The lowest BCUT2D eigenvalue weighted by atomic mass is 10.1. The minimum atomic E-state index is -0.975. The van der Waals surface area contributed by atoms with Gasteiger partial charge in [0.25, 0.3) is 0 Å². The van der Waals surface area contributed by atoms with E-state index in [0.29, 0.717) is 12.3 Å². The summed E-state index contributed by atoms with van der Waals surface area (Å²) < 4.78 is 5.16. The minimum Gasteiger partial charge on any atom is -0.478 e. The molecule has 0 aliphatic rings. The van der Waals surface area contributed by atoms with Crippen molar-refractivity contribution in [3.05, 3.63) is 53.7 Å². The first-order valence-electron chi connectivity index (χ1n) is 5.61. The van der Waals surface area contributed by atoms with Gasteiger partial charge >= 0.3 is 5.97 Å². The molecule has 0 saturated heterocycles. The van der Waals surface area contributed by atoms with Gasteiger partial charge in [0.15, 0.2) is 0 Å². The molecule has 0 unspecified atom stereocenters. The maximum atomic E-state index is 10.9. The molecule has 0 saturated carbocycles. The Morgan fingerprint density at radius 2 is 2.17 bits per heavy atom. The molecule has 0 aliphatic carbocycles. The van der Waals surface area contributed by atoms with Crippen molar-refractivity contribution in [2.45, 2.75) is 19.5 Å². The Bertz CT molecular complexity index is 522. The molecule has 0 aliphatic heterocycles. The first-order valence-corrected chi connectivity index (χ1v) is 5.61. The molecular weight excluding hydrogens is 232 g/mol. The molecule has 2 aromatic heterocycles. The van der Waals surface area contributed by atoms with E-state index in [1.165, 1.54) is 12.3 Å². The van der Waals surface area contributed by atoms with Crippen LogP contribution in [0.2, 0.25) is 0 Å². The van der Waals surface area contributed by atoms with E-state index in [4.69, 9.17) is 9.52 Å². The Morgan fingerprint density at radius 3 is 2.83 bits per heavy atom. The molecule has 0 radical (unpaired) electrons. The van der Waals surface area contributed by atoms with Crippen LogP contribution in [-0.2, 0) is 6.54 Å². The van der Waals surface area contributed by atoms with Crippen LogP contribution < -0.4 is 5.32 Å². The van der Waals surface area contributed by atoms with E-state index in [-0.39, 0.29) is 11.6 Å². The number of furan rings is 1. The lowest BCUT2D eigenvalue weighted by molar-refractivity contribution is 0.0694. The number of aromatic nitrogens is 1. The first kappa shape index (κ1) is 12.3. The molecule has 2 N–H and O–H groups in total. The van der Waals surface area contributed by atoms with Crippen molar-refractivity contribution in [2.24, 2.45) is 0 Å². The van der Waals surface area contributed by atoms with E-state index in [0.717, 1.165) is 5.56 Å². The molecule has 18 heavy (non-hydrogen) atoms. The molecule has 1 atom stereocenters. The second kappa shape index (κ2) is 5.46. The average molecular weight is 246 g/mol. The highest BCUT2D eigenvalue weighted by molar-refractivity contribution is 5.88. The van der Waals surface area contributed by atoms with Gasteiger partial charge in [-0.25, -0.2) is 4.79 Å². The van der Waals surface area contributed by atoms with Gasteiger partial charge in [0.2, 0.25) is 0 Å². The van der Waals surface area contributed by atoms with Gasteiger partial charge in [0.05, 0.1) is 12.8 Å². The van der Waals surface area contributed by atoms with Gasteiger partial charge in [-0.1, -0.05) is 0 Å². The second-order valence-corrected chi connectivity index (χ2v) is 3.95. The Hall–Kier alpha value is -2.14. The molecule has 0 bridgehead atoms. The fourth-order valence-electron chi connectivity index (χ4n) is 1.68. The van der Waals surface area contributed by atoms with Crippen molar-refractivity contribution in [1.29, 1.82) is 0 Å². The molecule has 5 heteroatoms. The molecule has 0 amide bonds. The van der Waals surface area contributed by atoms with Crippen molar-refractivity contribution in [3.63, 3.8) is 0 Å². The molecule has 2 aromatic rings. The molecule has 2 heterocycles. The zero-order valence-corrected chi connectivity index (χ0v) is 9.96. The van der Waals surface area contributed by atoms with Crippen molar-refractivity contribution >= 4 is 5.97 Å². The van der Waals surface area contributed by atoms with Crippen LogP contribution in [0.1, 0.15) is 34.6 Å². The second-order valence-electron chi connectivity index (χ2n) is 3.95. The standard InChI is InChI=1S/C13H14N2O3/c1-9(10-2-5-14-6-3-10)15-8-12-11(13(16)17)4-7-18-12/h2-7,9,15H,8H2,1H3,(H,16,17)/t9-/m0/s1. The number of nitrogens with zero attached hydrogens (tertiary/aromatic N) is 1. The largest absolute Gasteiger partial charge is 0.478 e. The Kier molecular flexibility index (Phi) is 3.74. The zero-order valence-electron chi connectivity index (χ0n) is 9.96. The number of rotatable bonds is 5. The third-order valence-corrected chi connectivity index (χ3v) is 2.75. The number of pyridine rings is 1. The van der Waals surface area contributed by atoms with Gasteiger partial charge in [-0.15, -0.1) is 0 Å². The summed E-state index contributed by atoms with van der Waals surface area (Å²) in [6.07, 6.45) is 4.84. The van der Waals surface area contributed by atoms with Gasteiger partial charge in [0.1, 0.15) is 11.3 Å². The predicted molar refractivity (Wildman–Crippen MR) is 65.2 cm³/mol. The minimum absolute atomic E-state index is 0.0970. The van der Waals surface area contributed by atoms with E-state index in [9.17, 15) is 4.79 Å². The lowest BCUT2D eigenvalue weighted by Gasteiger charge is -2.13. The number of carbonyl (C=O) groups is 1. The quantitative estimate of drug-likeness (QED) is 0.846. The van der Waals surface area contributed by atoms with E-state index in [1.807, 2.05) is 19.1 Å². The summed E-state index contributed by atoms with van der Waals surface area (Å²) in [6.45, 7) is 2.37. The predicted octanol–water partition coefficient (Wildman–Crippen LogP) is 2.22. The molecule has 94 valence electrons. The number of hydrogen-bond donors (Lipinski definition) is 2. The highest BCUT2D eigenvalue weighted by Gasteiger charge is 2.14. The van der Waals surface area contributed by atoms with Crippen LogP contribution in [0.15, 0.2) is 41.3 Å². The normalized spacial score (nSPS) is 12.3. The van der Waals surface area contributed by atoms with Crippen molar-refractivity contribution in [3.8, 4) is 0 Å². The van der Waals surface area contributed by atoms with Crippen LogP contribution in [0.5, 0.6) is 0 Å². The van der Waals surface area contributed by atoms with Gasteiger partial charge < -0.3 is 14.8 Å². The van der Waals surface area contributed by atoms with Gasteiger partial charge in [-0.2, -0.15) is 0 Å². The summed E-state index contributed by atoms with van der Waals surface area (Å²) >= 11 is 0. The van der Waals surface area contributed by atoms with Crippen LogP contribution in [0, 0.1) is 0 Å². The van der Waals surface area contributed by atoms with E-state index in [1.54, 1.807) is 12.4 Å². The number of carboxylic acid groups (broad SMARTS) is 1. The maximum absolute atomic E-state index is 10.9. The summed E-state index contributed by atoms with van der Waals surface area (Å²) in [5.74, 6) is -0.541. The monoisotopic (exact) mass is 246 g/mol. The molecular formula is C13H14N2O3. The highest BCUT2D eigenvalue weighted by Crippen LogP contribution is 2.14. The van der Waals surface area contributed by atoms with Crippen LogP contribution in [-0.4, -0.2) is 16.1 Å². The Morgan fingerprint density at radius 1 is 1.44 bits per heavy atom. The summed E-state index contributed by atoms with van der Waals surface area (Å²) in [6, 6.07) is 5.38. The van der Waals surface area contributed by atoms with Crippen LogP contribution in [0.25, 0.3) is 0 Å². The smallest absolute Gasteiger partial charge is 0.339 e. The third-order valence-electron chi connectivity index (χ3n) is 2.75. The molecule has 0 aromatic carbocycles. The summed E-state index contributed by atoms with van der Waals surface area (Å²) in [7, 11) is 0. The van der Waals surface area contributed by atoms with Crippen molar-refractivity contribution in [1.82, 2.24) is 10.3 Å². The van der Waals surface area contributed by atoms with Gasteiger partial charge in [0, 0.05) is 18.4 Å². The summed E-state index contributed by atoms with van der Waals surface area (Å²) in [4.78, 5) is 14.9. The Labute approximate surface area is 104 Å². The summed E-state index contributed by atoms with van der Waals surface area (Å²) in [5, 5.41) is 12.2. The van der Waals surface area contributed by atoms with Crippen molar-refractivity contribution in [2.75, 3.05) is 0 Å². The van der Waals surface area contributed by atoms with E-state index in [2.05, 4.69) is 10.3 Å². The zero-order chi connectivity index (χ0) is 13.0. The van der Waals surface area contributed by atoms with Crippen LogP contribution in [0.3, 0.4) is 0 Å². The van der Waals surface area contributed by atoms with E-state index < -0.39 is 5.97 Å². The number of nitrogens with one attached hydrogen (secondary N) is 1. The SMILES string of the molecule is C[C@H](NCc1occc1C(=O)O)c1ccncc1. The van der Waals surface area contributed by atoms with Crippen molar-refractivity contribution < 1.29 is 14.3 Å². The maximum Gasteiger partial charge on any atom is 0.339 e. The summed E-state index contributed by atoms with van der Waals surface area (Å²) in [5.41, 5.74) is 1.29. The molecule has 2 rings (SSSR count). The number of hydrogen-bond acceptors (Lipinski definition) is 4. The van der Waals surface area contributed by atoms with E-state index >= 15 is 0 Å². The number of aromatic carboxylic acids is 1. The Balaban J connectivity index is 1.99. The highest BCUT2D eigenvalue weighted by atomic mass is 16.4.